The number of ether oxygens (including phenoxy) is 1. The zero-order valence-corrected chi connectivity index (χ0v) is 8.89. The molecule has 1 aliphatic heterocycles. The van der Waals surface area contributed by atoms with Gasteiger partial charge in [-0.3, -0.25) is 9.59 Å². The number of piperidine rings is 1. The second kappa shape index (κ2) is 6.81. The van der Waals surface area contributed by atoms with Crippen molar-refractivity contribution in [2.24, 2.45) is 11.0 Å². The number of amides is 1. The average molecular weight is 226 g/mol. The monoisotopic (exact) mass is 226 g/mol. The summed E-state index contributed by atoms with van der Waals surface area (Å²) < 4.78 is 5.18. The van der Waals surface area contributed by atoms with Crippen molar-refractivity contribution >= 4 is 11.7 Å². The molecule has 1 aliphatic rings. The highest BCUT2D eigenvalue weighted by Crippen LogP contribution is 2.10. The third-order valence-electron chi connectivity index (χ3n) is 2.35. The number of rotatable bonds is 6. The van der Waals surface area contributed by atoms with Gasteiger partial charge in [-0.2, -0.15) is 0 Å². The van der Waals surface area contributed by atoms with Gasteiger partial charge in [0.2, 0.25) is 5.91 Å². The summed E-state index contributed by atoms with van der Waals surface area (Å²) in [6.07, 6.45) is 0.568. The van der Waals surface area contributed by atoms with E-state index >= 15 is 0 Å². The van der Waals surface area contributed by atoms with E-state index in [0.29, 0.717) is 32.7 Å². The Morgan fingerprint density at radius 3 is 3.00 bits per heavy atom. The molecule has 1 unspecified atom stereocenters. The minimum atomic E-state index is -0.203. The van der Waals surface area contributed by atoms with Gasteiger partial charge in [-0.15, -0.1) is 0 Å². The Labute approximate surface area is 92.8 Å². The van der Waals surface area contributed by atoms with Crippen LogP contribution in [0.3, 0.4) is 0 Å². The number of Topliss-reactive ketones (excluding diaryl/α,β-unsaturated/α-hetero) is 1. The van der Waals surface area contributed by atoms with Crippen molar-refractivity contribution in [3.05, 3.63) is 10.4 Å². The first-order chi connectivity index (χ1) is 7.74. The molecule has 7 nitrogen and oxygen atoms in total. The summed E-state index contributed by atoms with van der Waals surface area (Å²) >= 11 is 0. The van der Waals surface area contributed by atoms with E-state index in [2.05, 4.69) is 15.3 Å². The molecule has 1 heterocycles. The highest BCUT2D eigenvalue weighted by Gasteiger charge is 2.25. The molecule has 1 atom stereocenters. The van der Waals surface area contributed by atoms with Crippen molar-refractivity contribution in [3.8, 4) is 0 Å². The summed E-state index contributed by atoms with van der Waals surface area (Å²) in [6.45, 7) is 1.49. The first-order valence-corrected chi connectivity index (χ1v) is 5.12. The van der Waals surface area contributed by atoms with Gasteiger partial charge in [-0.05, 0) is 12.0 Å². The maximum atomic E-state index is 11.4. The Kier molecular flexibility index (Phi) is 5.31. The second-order valence-electron chi connectivity index (χ2n) is 3.50. The zero-order valence-electron chi connectivity index (χ0n) is 8.89. The largest absolute Gasteiger partial charge is 0.381 e. The lowest BCUT2D eigenvalue weighted by Gasteiger charge is -2.20. The SMILES string of the molecule is [N-]=[N+]=NCCOCCC1CNC(=O)CC1=O. The van der Waals surface area contributed by atoms with E-state index < -0.39 is 0 Å². The first-order valence-electron chi connectivity index (χ1n) is 5.12. The lowest BCUT2D eigenvalue weighted by atomic mass is 9.95. The molecule has 7 heteroatoms. The molecule has 0 saturated carbocycles. The molecule has 16 heavy (non-hydrogen) atoms. The highest BCUT2D eigenvalue weighted by molar-refractivity contribution is 6.01. The molecule has 0 bridgehead atoms. The van der Waals surface area contributed by atoms with Crippen LogP contribution >= 0.6 is 0 Å². The van der Waals surface area contributed by atoms with E-state index in [9.17, 15) is 9.59 Å². The predicted octanol–water partition coefficient (Wildman–Crippen LogP) is 0.409. The fourth-order valence-corrected chi connectivity index (χ4v) is 1.46. The van der Waals surface area contributed by atoms with Gasteiger partial charge in [-0.25, -0.2) is 0 Å². The molecule has 0 aromatic heterocycles. The summed E-state index contributed by atoms with van der Waals surface area (Å²) in [5.74, 6) is -0.370. The molecule has 1 amide bonds. The average Bonchev–Trinajstić information content (AvgIpc) is 2.26. The number of hydrogen-bond acceptors (Lipinski definition) is 4. The Hall–Kier alpha value is -1.59. The van der Waals surface area contributed by atoms with Crippen LogP contribution in [0.1, 0.15) is 12.8 Å². The van der Waals surface area contributed by atoms with Crippen molar-refractivity contribution in [3.63, 3.8) is 0 Å². The third kappa shape index (κ3) is 4.29. The van der Waals surface area contributed by atoms with Gasteiger partial charge >= 0.3 is 0 Å². The zero-order chi connectivity index (χ0) is 11.8. The molecular weight excluding hydrogens is 212 g/mol. The molecule has 1 fully saturated rings. The van der Waals surface area contributed by atoms with Crippen molar-refractivity contribution < 1.29 is 14.3 Å². The maximum absolute atomic E-state index is 11.4. The van der Waals surface area contributed by atoms with E-state index in [-0.39, 0.29) is 24.0 Å². The van der Waals surface area contributed by atoms with Crippen LogP contribution < -0.4 is 5.32 Å². The molecule has 1 rings (SSSR count). The molecule has 88 valence electrons. The van der Waals surface area contributed by atoms with Crippen LogP contribution in [0, 0.1) is 5.92 Å². The van der Waals surface area contributed by atoms with Crippen LogP contribution in [0.4, 0.5) is 0 Å². The van der Waals surface area contributed by atoms with E-state index in [1.807, 2.05) is 0 Å². The van der Waals surface area contributed by atoms with Crippen LogP contribution in [0.15, 0.2) is 5.11 Å². The summed E-state index contributed by atoms with van der Waals surface area (Å²) in [5.41, 5.74) is 8.00. The van der Waals surface area contributed by atoms with Gasteiger partial charge in [0.1, 0.15) is 5.78 Å². The van der Waals surface area contributed by atoms with E-state index in [4.69, 9.17) is 10.3 Å². The van der Waals surface area contributed by atoms with Crippen molar-refractivity contribution in [2.45, 2.75) is 12.8 Å². The number of azide groups is 1. The molecular formula is C9H14N4O3. The maximum Gasteiger partial charge on any atom is 0.227 e. The topological polar surface area (TPSA) is 104 Å². The van der Waals surface area contributed by atoms with Crippen LogP contribution in [0.2, 0.25) is 0 Å². The number of hydrogen-bond donors (Lipinski definition) is 1. The first kappa shape index (κ1) is 12.5. The number of carbonyl (C=O) groups is 2. The second-order valence-corrected chi connectivity index (χ2v) is 3.50. The minimum Gasteiger partial charge on any atom is -0.381 e. The van der Waals surface area contributed by atoms with E-state index in [0.717, 1.165) is 0 Å². The predicted molar refractivity (Wildman–Crippen MR) is 55.6 cm³/mol. The van der Waals surface area contributed by atoms with Gasteiger partial charge in [0.15, 0.2) is 0 Å². The molecule has 0 aromatic rings. The van der Waals surface area contributed by atoms with Crippen LogP contribution in [0.25, 0.3) is 10.4 Å². The van der Waals surface area contributed by atoms with Crippen LogP contribution in [-0.4, -0.2) is 38.0 Å². The summed E-state index contributed by atoms with van der Waals surface area (Å²) in [7, 11) is 0. The van der Waals surface area contributed by atoms with Crippen molar-refractivity contribution in [2.75, 3.05) is 26.3 Å². The molecule has 0 aliphatic carbocycles. The van der Waals surface area contributed by atoms with Crippen LogP contribution in [-0.2, 0) is 14.3 Å². The summed E-state index contributed by atoms with van der Waals surface area (Å²) in [6, 6.07) is 0. The fraction of sp³-hybridized carbons (Fsp3) is 0.778. The number of nitrogens with zero attached hydrogens (tertiary/aromatic N) is 3. The molecule has 1 N–H and O–H groups in total. The number of ketones is 1. The Morgan fingerprint density at radius 2 is 2.31 bits per heavy atom. The Bertz CT molecular complexity index is 312. The summed E-state index contributed by atoms with van der Waals surface area (Å²) in [5, 5.41) is 5.95. The molecule has 1 saturated heterocycles. The summed E-state index contributed by atoms with van der Waals surface area (Å²) in [4.78, 5) is 24.8. The van der Waals surface area contributed by atoms with Gasteiger partial charge < -0.3 is 10.1 Å². The lowest BCUT2D eigenvalue weighted by molar-refractivity contribution is -0.134. The van der Waals surface area contributed by atoms with Gasteiger partial charge in [-0.1, -0.05) is 5.11 Å². The third-order valence-corrected chi connectivity index (χ3v) is 2.35. The number of carbonyl (C=O) groups excluding carboxylic acids is 2. The fourth-order valence-electron chi connectivity index (χ4n) is 1.46. The smallest absolute Gasteiger partial charge is 0.227 e. The standard InChI is InChI=1S/C9H14N4O3/c10-13-12-2-4-16-3-1-7-6-11-9(15)5-8(7)14/h7H,1-6H2,(H,11,15). The van der Waals surface area contributed by atoms with Crippen molar-refractivity contribution in [1.82, 2.24) is 5.32 Å². The normalized spacial score (nSPS) is 20.1. The Morgan fingerprint density at radius 1 is 1.50 bits per heavy atom. The van der Waals surface area contributed by atoms with Gasteiger partial charge in [0.25, 0.3) is 0 Å². The van der Waals surface area contributed by atoms with E-state index in [1.165, 1.54) is 0 Å². The quantitative estimate of drug-likeness (QED) is 0.233. The molecule has 0 spiro atoms. The molecule has 0 radical (unpaired) electrons. The molecule has 0 aromatic carbocycles. The minimum absolute atomic E-state index is 0.0244. The van der Waals surface area contributed by atoms with Gasteiger partial charge in [0, 0.05) is 30.5 Å². The highest BCUT2D eigenvalue weighted by atomic mass is 16.5. The van der Waals surface area contributed by atoms with Crippen molar-refractivity contribution in [1.29, 1.82) is 0 Å². The van der Waals surface area contributed by atoms with Crippen LogP contribution in [0.5, 0.6) is 0 Å². The number of nitrogens with one attached hydrogen (secondary N) is 1. The van der Waals surface area contributed by atoms with E-state index in [1.54, 1.807) is 0 Å². The van der Waals surface area contributed by atoms with Gasteiger partial charge in [0.05, 0.1) is 13.0 Å². The Balaban J connectivity index is 2.10. The lowest BCUT2D eigenvalue weighted by Crippen LogP contribution is -2.41.